The van der Waals surface area contributed by atoms with Crippen LogP contribution >= 0.6 is 0 Å². The maximum Gasteiger partial charge on any atom is 1.00 e. The quantitative estimate of drug-likeness (QED) is 0.317. The van der Waals surface area contributed by atoms with E-state index in [1.165, 1.54) is 0 Å². The Bertz CT molecular complexity index is 139. The van der Waals surface area contributed by atoms with Crippen molar-refractivity contribution in [3.8, 4) is 0 Å². The van der Waals surface area contributed by atoms with E-state index < -0.39 is 24.1 Å². The fourth-order valence-corrected chi connectivity index (χ4v) is 0.270. The molecule has 0 fully saturated rings. The minimum Gasteiger partial charge on any atom is -0.479 e. The van der Waals surface area contributed by atoms with Crippen LogP contribution in [0.5, 0.6) is 0 Å². The van der Waals surface area contributed by atoms with Crippen molar-refractivity contribution in [2.45, 2.75) is 12.2 Å². The second-order valence-corrected chi connectivity index (χ2v) is 1.57. The molecule has 58 valence electrons. The van der Waals surface area contributed by atoms with Crippen molar-refractivity contribution in [2.75, 3.05) is 0 Å². The van der Waals surface area contributed by atoms with Gasteiger partial charge >= 0.3 is 41.5 Å². The molecule has 0 saturated carbocycles. The van der Waals surface area contributed by atoms with E-state index in [9.17, 15) is 9.59 Å². The van der Waals surface area contributed by atoms with E-state index in [1.54, 1.807) is 0 Å². The monoisotopic (exact) mass is 173 g/mol. The van der Waals surface area contributed by atoms with Crippen LogP contribution in [0.1, 0.15) is 0 Å². The molecule has 2 atom stereocenters. The average molecular weight is 173 g/mol. The molecule has 0 aromatic carbocycles. The molecular formula is C4H6NaO6+. The van der Waals surface area contributed by atoms with Gasteiger partial charge in [0.05, 0.1) is 0 Å². The van der Waals surface area contributed by atoms with E-state index in [0.29, 0.717) is 0 Å². The summed E-state index contributed by atoms with van der Waals surface area (Å²) in [5.41, 5.74) is 0. The predicted octanol–water partition coefficient (Wildman–Crippen LogP) is -5.12. The Labute approximate surface area is 83.7 Å². The molecule has 0 aromatic heterocycles. The molecule has 0 spiro atoms. The van der Waals surface area contributed by atoms with E-state index in [2.05, 4.69) is 0 Å². The third-order valence-electron chi connectivity index (χ3n) is 0.805. The van der Waals surface area contributed by atoms with Crippen molar-refractivity contribution < 1.29 is 59.6 Å². The van der Waals surface area contributed by atoms with Gasteiger partial charge in [-0.2, -0.15) is 0 Å². The standard InChI is InChI=1S/C4H6O6.Na/c5-1(3(7)8)2(6)4(9)10;/h1-2,5-6H,(H,7,8)(H,9,10);/q;+1/t1-,2-;/m1./s1. The summed E-state index contributed by atoms with van der Waals surface area (Å²) in [6, 6.07) is 0. The molecule has 0 radical (unpaired) electrons. The largest absolute Gasteiger partial charge is 1.00 e. The van der Waals surface area contributed by atoms with Gasteiger partial charge in [0.2, 0.25) is 0 Å². The SMILES string of the molecule is O=C(O)[C@H](O)[C@@H](O)C(=O)O.[Na+]. The van der Waals surface area contributed by atoms with Crippen molar-refractivity contribution in [1.82, 2.24) is 0 Å². The van der Waals surface area contributed by atoms with E-state index in [4.69, 9.17) is 20.4 Å². The number of hydrogen-bond acceptors (Lipinski definition) is 4. The van der Waals surface area contributed by atoms with Crippen molar-refractivity contribution in [3.63, 3.8) is 0 Å². The number of carbonyl (C=O) groups is 2. The summed E-state index contributed by atoms with van der Waals surface area (Å²) >= 11 is 0. The van der Waals surface area contributed by atoms with E-state index >= 15 is 0 Å². The molecule has 0 aromatic rings. The van der Waals surface area contributed by atoms with Crippen molar-refractivity contribution in [1.29, 1.82) is 0 Å². The number of aliphatic hydroxyl groups is 2. The third-order valence-corrected chi connectivity index (χ3v) is 0.805. The number of rotatable bonds is 3. The minimum atomic E-state index is -2.27. The van der Waals surface area contributed by atoms with Gasteiger partial charge in [-0.15, -0.1) is 0 Å². The van der Waals surface area contributed by atoms with Gasteiger partial charge in [-0.05, 0) is 0 Å². The maximum absolute atomic E-state index is 9.77. The predicted molar refractivity (Wildman–Crippen MR) is 27.3 cm³/mol. The summed E-state index contributed by atoms with van der Waals surface area (Å²) in [6.45, 7) is 0. The Morgan fingerprint density at radius 2 is 1.09 bits per heavy atom. The molecular weight excluding hydrogens is 167 g/mol. The molecule has 0 amide bonds. The number of hydrogen-bond donors (Lipinski definition) is 4. The Morgan fingerprint density at radius 3 is 1.18 bits per heavy atom. The normalized spacial score (nSPS) is 14.4. The van der Waals surface area contributed by atoms with Crippen LogP contribution in [0.3, 0.4) is 0 Å². The van der Waals surface area contributed by atoms with Crippen molar-refractivity contribution >= 4 is 11.9 Å². The first-order valence-electron chi connectivity index (χ1n) is 2.28. The molecule has 0 rings (SSSR count). The van der Waals surface area contributed by atoms with Gasteiger partial charge in [0.15, 0.2) is 12.2 Å². The third kappa shape index (κ3) is 4.33. The fraction of sp³-hybridized carbons (Fsp3) is 0.500. The fourth-order valence-electron chi connectivity index (χ4n) is 0.270. The first kappa shape index (κ1) is 13.4. The molecule has 0 unspecified atom stereocenters. The molecule has 0 bridgehead atoms. The van der Waals surface area contributed by atoms with Crippen molar-refractivity contribution in [2.24, 2.45) is 0 Å². The van der Waals surface area contributed by atoms with E-state index in [0.717, 1.165) is 0 Å². The summed E-state index contributed by atoms with van der Waals surface area (Å²) in [5.74, 6) is -3.54. The van der Waals surface area contributed by atoms with Gasteiger partial charge in [0.25, 0.3) is 0 Å². The van der Waals surface area contributed by atoms with Gasteiger partial charge in [0.1, 0.15) is 0 Å². The van der Waals surface area contributed by atoms with E-state index in [-0.39, 0.29) is 29.6 Å². The first-order valence-corrected chi connectivity index (χ1v) is 2.28. The van der Waals surface area contributed by atoms with Gasteiger partial charge in [0, 0.05) is 0 Å². The zero-order valence-corrected chi connectivity index (χ0v) is 7.76. The van der Waals surface area contributed by atoms with Gasteiger partial charge in [-0.1, -0.05) is 0 Å². The zero-order chi connectivity index (χ0) is 8.31. The number of aliphatic hydroxyl groups excluding tert-OH is 2. The molecule has 0 aliphatic rings. The van der Waals surface area contributed by atoms with Crippen LogP contribution in [-0.2, 0) is 9.59 Å². The molecule has 11 heavy (non-hydrogen) atoms. The number of aliphatic carboxylic acids is 2. The van der Waals surface area contributed by atoms with Gasteiger partial charge < -0.3 is 20.4 Å². The van der Waals surface area contributed by atoms with Gasteiger partial charge in [-0.3, -0.25) is 0 Å². The van der Waals surface area contributed by atoms with Crippen LogP contribution in [0.2, 0.25) is 0 Å². The maximum atomic E-state index is 9.77. The molecule has 0 aliphatic heterocycles. The summed E-state index contributed by atoms with van der Waals surface area (Å²) < 4.78 is 0. The number of carboxylic acids is 2. The van der Waals surface area contributed by atoms with Crippen LogP contribution < -0.4 is 29.6 Å². The molecule has 0 aliphatic carbocycles. The van der Waals surface area contributed by atoms with Crippen molar-refractivity contribution in [3.05, 3.63) is 0 Å². The minimum absolute atomic E-state index is 0. The Hall–Kier alpha value is -0.140. The zero-order valence-electron chi connectivity index (χ0n) is 5.76. The van der Waals surface area contributed by atoms with E-state index in [1.807, 2.05) is 0 Å². The summed E-state index contributed by atoms with van der Waals surface area (Å²) in [6.07, 6.45) is -4.53. The molecule has 0 saturated heterocycles. The smallest absolute Gasteiger partial charge is 0.479 e. The first-order chi connectivity index (χ1) is 4.46. The van der Waals surface area contributed by atoms with Crippen LogP contribution in [0.25, 0.3) is 0 Å². The summed E-state index contributed by atoms with van der Waals surface area (Å²) in [4.78, 5) is 19.5. The van der Waals surface area contributed by atoms with Crippen LogP contribution in [0.15, 0.2) is 0 Å². The van der Waals surface area contributed by atoms with Crippen LogP contribution in [-0.4, -0.2) is 44.6 Å². The Kier molecular flexibility index (Phi) is 6.73. The molecule has 0 heterocycles. The Morgan fingerprint density at radius 1 is 0.909 bits per heavy atom. The second-order valence-electron chi connectivity index (χ2n) is 1.57. The second kappa shape index (κ2) is 5.50. The summed E-state index contributed by atoms with van der Waals surface area (Å²) in [7, 11) is 0. The van der Waals surface area contributed by atoms with Gasteiger partial charge in [-0.25, -0.2) is 9.59 Å². The van der Waals surface area contributed by atoms with Crippen LogP contribution in [0.4, 0.5) is 0 Å². The Balaban J connectivity index is 0. The average Bonchev–Trinajstić information content (AvgIpc) is 1.84. The topological polar surface area (TPSA) is 115 Å². The molecule has 7 heteroatoms. The molecule has 6 nitrogen and oxygen atoms in total. The summed E-state index contributed by atoms with van der Waals surface area (Å²) in [5, 5.41) is 32.5. The van der Waals surface area contributed by atoms with Crippen LogP contribution in [0, 0.1) is 0 Å². The number of carboxylic acid groups (broad SMARTS) is 2. The molecule has 4 N–H and O–H groups in total.